The lowest BCUT2D eigenvalue weighted by molar-refractivity contribution is -0.139. The van der Waals surface area contributed by atoms with Gasteiger partial charge in [-0.2, -0.15) is 11.8 Å². The molecule has 3 N–H and O–H groups in total. The van der Waals surface area contributed by atoms with E-state index >= 15 is 0 Å². The molecule has 0 fully saturated rings. The lowest BCUT2D eigenvalue weighted by Crippen LogP contribution is -2.46. The van der Waals surface area contributed by atoms with Gasteiger partial charge in [-0.25, -0.2) is 14.6 Å². The van der Waals surface area contributed by atoms with E-state index in [1.54, 1.807) is 11.8 Å². The van der Waals surface area contributed by atoms with Gasteiger partial charge in [0.1, 0.15) is 6.04 Å². The number of aromatic nitrogens is 1. The van der Waals surface area contributed by atoms with Crippen LogP contribution in [-0.4, -0.2) is 40.1 Å². The number of aryl methyl sites for hydroxylation is 2. The van der Waals surface area contributed by atoms with E-state index in [0.717, 1.165) is 15.6 Å². The maximum Gasteiger partial charge on any atom is 0.326 e. The highest BCUT2D eigenvalue weighted by molar-refractivity contribution is 7.98. The third-order valence-corrected chi connectivity index (χ3v) is 4.79. The summed E-state index contributed by atoms with van der Waals surface area (Å²) in [4.78, 5) is 28.3. The van der Waals surface area contributed by atoms with Crippen molar-refractivity contribution in [3.8, 4) is 0 Å². The van der Waals surface area contributed by atoms with Gasteiger partial charge < -0.3 is 15.7 Å². The van der Waals surface area contributed by atoms with E-state index in [1.807, 2.05) is 27.0 Å². The van der Waals surface area contributed by atoms with Crippen molar-refractivity contribution in [3.05, 3.63) is 15.6 Å². The standard InChI is InChI=1S/C13H21N3O3S2/c1-7-11(21-9(3)14-7)8(2)15-13(19)16-10(12(17)18)5-6-20-4/h8,10H,5-6H2,1-4H3,(H,17,18)(H2,15,16,19)/t8?,10-/m1/s1. The summed E-state index contributed by atoms with van der Waals surface area (Å²) >= 11 is 3.08. The summed E-state index contributed by atoms with van der Waals surface area (Å²) in [7, 11) is 0. The number of carboxylic acids is 1. The average molecular weight is 331 g/mol. The molecule has 6 nitrogen and oxygen atoms in total. The van der Waals surface area contributed by atoms with Gasteiger partial charge in [-0.15, -0.1) is 11.3 Å². The lowest BCUT2D eigenvalue weighted by atomic mass is 10.2. The van der Waals surface area contributed by atoms with Crippen LogP contribution in [0.5, 0.6) is 0 Å². The molecule has 0 saturated carbocycles. The van der Waals surface area contributed by atoms with Gasteiger partial charge in [-0.1, -0.05) is 0 Å². The Hall–Kier alpha value is -1.28. The molecule has 0 aliphatic rings. The predicted molar refractivity (Wildman–Crippen MR) is 86.1 cm³/mol. The number of aliphatic carboxylic acids is 1. The van der Waals surface area contributed by atoms with Crippen molar-refractivity contribution in [1.29, 1.82) is 0 Å². The molecule has 2 atom stereocenters. The molecule has 8 heteroatoms. The van der Waals surface area contributed by atoms with Gasteiger partial charge in [0.15, 0.2) is 0 Å². The molecule has 1 rings (SSSR count). The summed E-state index contributed by atoms with van der Waals surface area (Å²) in [5.41, 5.74) is 0.891. The first kappa shape index (κ1) is 17.8. The van der Waals surface area contributed by atoms with Crippen LogP contribution in [0.1, 0.15) is 35.0 Å². The van der Waals surface area contributed by atoms with Crippen LogP contribution in [0, 0.1) is 13.8 Å². The van der Waals surface area contributed by atoms with Crippen molar-refractivity contribution in [1.82, 2.24) is 15.6 Å². The van der Waals surface area contributed by atoms with Crippen LogP contribution in [0.4, 0.5) is 4.79 Å². The molecular formula is C13H21N3O3S2. The molecule has 0 saturated heterocycles. The molecule has 21 heavy (non-hydrogen) atoms. The van der Waals surface area contributed by atoms with E-state index in [2.05, 4.69) is 15.6 Å². The number of nitrogens with zero attached hydrogens (tertiary/aromatic N) is 1. The molecule has 1 aromatic heterocycles. The zero-order chi connectivity index (χ0) is 16.0. The van der Waals surface area contributed by atoms with Crippen molar-refractivity contribution in [2.75, 3.05) is 12.0 Å². The summed E-state index contributed by atoms with van der Waals surface area (Å²) in [6, 6.07) is -1.54. The van der Waals surface area contributed by atoms with Gasteiger partial charge >= 0.3 is 12.0 Å². The van der Waals surface area contributed by atoms with Crippen molar-refractivity contribution >= 4 is 35.1 Å². The summed E-state index contributed by atoms with van der Waals surface area (Å²) < 4.78 is 0. The molecule has 0 radical (unpaired) electrons. The van der Waals surface area contributed by atoms with Crippen LogP contribution in [0.2, 0.25) is 0 Å². The zero-order valence-electron chi connectivity index (χ0n) is 12.6. The second-order valence-electron chi connectivity index (χ2n) is 4.69. The van der Waals surface area contributed by atoms with Crippen LogP contribution in [0.25, 0.3) is 0 Å². The number of carboxylic acid groups (broad SMARTS) is 1. The first-order chi connectivity index (χ1) is 9.85. The normalized spacial score (nSPS) is 13.5. The highest BCUT2D eigenvalue weighted by Crippen LogP contribution is 2.24. The van der Waals surface area contributed by atoms with Gasteiger partial charge in [0.2, 0.25) is 0 Å². The topological polar surface area (TPSA) is 91.3 Å². The second kappa shape index (κ2) is 8.23. The first-order valence-corrected chi connectivity index (χ1v) is 8.78. The molecule has 1 unspecified atom stereocenters. The van der Waals surface area contributed by atoms with E-state index in [4.69, 9.17) is 5.11 Å². The molecule has 1 heterocycles. The monoisotopic (exact) mass is 331 g/mol. The Bertz CT molecular complexity index is 505. The lowest BCUT2D eigenvalue weighted by Gasteiger charge is -2.17. The van der Waals surface area contributed by atoms with Crippen molar-refractivity contribution in [2.24, 2.45) is 0 Å². The van der Waals surface area contributed by atoms with E-state index in [-0.39, 0.29) is 6.04 Å². The zero-order valence-corrected chi connectivity index (χ0v) is 14.2. The fraction of sp³-hybridized carbons (Fsp3) is 0.615. The number of carbonyl (C=O) groups is 2. The van der Waals surface area contributed by atoms with Crippen LogP contribution in [-0.2, 0) is 4.79 Å². The number of hydrogen-bond donors (Lipinski definition) is 3. The third kappa shape index (κ3) is 5.55. The summed E-state index contributed by atoms with van der Waals surface area (Å²) in [6.45, 7) is 5.67. The minimum atomic E-state index is -1.02. The molecular weight excluding hydrogens is 310 g/mol. The Labute approximate surface area is 132 Å². The number of hydrogen-bond acceptors (Lipinski definition) is 5. The minimum Gasteiger partial charge on any atom is -0.480 e. The number of urea groups is 1. The Morgan fingerprint density at radius 2 is 2.05 bits per heavy atom. The number of thioether (sulfide) groups is 1. The first-order valence-electron chi connectivity index (χ1n) is 6.57. The predicted octanol–water partition coefficient (Wildman–Crippen LogP) is 2.33. The number of nitrogens with one attached hydrogen (secondary N) is 2. The SMILES string of the molecule is CSCC[C@@H](NC(=O)NC(C)c1sc(C)nc1C)C(=O)O. The molecule has 0 bridgehead atoms. The maximum absolute atomic E-state index is 11.9. The van der Waals surface area contributed by atoms with Crippen LogP contribution < -0.4 is 10.6 Å². The Kier molecular flexibility index (Phi) is 6.97. The molecule has 0 aromatic carbocycles. The molecule has 1 aromatic rings. The minimum absolute atomic E-state index is 0.203. The van der Waals surface area contributed by atoms with Crippen molar-refractivity contribution in [2.45, 2.75) is 39.3 Å². The van der Waals surface area contributed by atoms with Crippen LogP contribution in [0.15, 0.2) is 0 Å². The van der Waals surface area contributed by atoms with E-state index in [1.165, 1.54) is 11.3 Å². The molecule has 2 amide bonds. The van der Waals surface area contributed by atoms with Gasteiger partial charge in [-0.3, -0.25) is 0 Å². The van der Waals surface area contributed by atoms with Crippen LogP contribution in [0.3, 0.4) is 0 Å². The van der Waals surface area contributed by atoms with E-state index in [0.29, 0.717) is 12.2 Å². The molecule has 0 spiro atoms. The van der Waals surface area contributed by atoms with Gasteiger partial charge in [0.25, 0.3) is 0 Å². The molecule has 0 aliphatic heterocycles. The largest absolute Gasteiger partial charge is 0.480 e. The average Bonchev–Trinajstić information content (AvgIpc) is 2.73. The fourth-order valence-electron chi connectivity index (χ4n) is 1.90. The van der Waals surface area contributed by atoms with E-state index in [9.17, 15) is 9.59 Å². The number of rotatable bonds is 7. The quantitative estimate of drug-likeness (QED) is 0.713. The highest BCUT2D eigenvalue weighted by Gasteiger charge is 2.21. The smallest absolute Gasteiger partial charge is 0.326 e. The highest BCUT2D eigenvalue weighted by atomic mass is 32.2. The van der Waals surface area contributed by atoms with Gasteiger partial charge in [0.05, 0.1) is 16.7 Å². The van der Waals surface area contributed by atoms with Crippen LogP contribution >= 0.6 is 23.1 Å². The second-order valence-corrected chi connectivity index (χ2v) is 6.91. The Balaban J connectivity index is 2.59. The molecule has 0 aliphatic carbocycles. The van der Waals surface area contributed by atoms with Crippen molar-refractivity contribution < 1.29 is 14.7 Å². The van der Waals surface area contributed by atoms with Gasteiger partial charge in [0, 0.05) is 4.88 Å². The summed E-state index contributed by atoms with van der Waals surface area (Å²) in [5.74, 6) is -0.336. The molecule has 118 valence electrons. The van der Waals surface area contributed by atoms with E-state index < -0.39 is 18.0 Å². The van der Waals surface area contributed by atoms with Crippen molar-refractivity contribution in [3.63, 3.8) is 0 Å². The Morgan fingerprint density at radius 1 is 1.38 bits per heavy atom. The van der Waals surface area contributed by atoms with Gasteiger partial charge in [-0.05, 0) is 39.2 Å². The summed E-state index contributed by atoms with van der Waals surface area (Å²) in [5, 5.41) is 15.3. The number of amides is 2. The Morgan fingerprint density at radius 3 is 2.52 bits per heavy atom. The summed E-state index contributed by atoms with van der Waals surface area (Å²) in [6.07, 6.45) is 2.30. The number of carbonyl (C=O) groups excluding carboxylic acids is 1. The number of thiazole rings is 1. The fourth-order valence-corrected chi connectivity index (χ4v) is 3.31. The third-order valence-electron chi connectivity index (χ3n) is 2.89. The maximum atomic E-state index is 11.9.